The molecule has 0 rings (SSSR count). The summed E-state index contributed by atoms with van der Waals surface area (Å²) in [4.78, 5) is 31.3. The van der Waals surface area contributed by atoms with Crippen molar-refractivity contribution in [1.29, 1.82) is 0 Å². The molecule has 0 fully saturated rings. The summed E-state index contributed by atoms with van der Waals surface area (Å²) >= 11 is 0. The van der Waals surface area contributed by atoms with Crippen LogP contribution in [0.2, 0.25) is 0 Å². The molecule has 0 spiro atoms. The summed E-state index contributed by atoms with van der Waals surface area (Å²) < 4.78 is 3.60. The smallest absolute Gasteiger partial charge is 0.334 e. The number of aliphatic hydroxyl groups excluding tert-OH is 4. The van der Waals surface area contributed by atoms with Gasteiger partial charge in [-0.05, 0) is 0 Å². The summed E-state index contributed by atoms with van der Waals surface area (Å²) in [5.41, 5.74) is -1.11. The topological polar surface area (TPSA) is 171 Å². The number of hydrogen-bond acceptors (Lipinski definition) is 9. The molecule has 0 heterocycles. The molecule has 9 nitrogen and oxygen atoms in total. The lowest BCUT2D eigenvalue weighted by molar-refractivity contribution is -0.0328. The monoisotopic (exact) mass is 354 g/mol. The second-order valence-corrected chi connectivity index (χ2v) is 4.38. The minimum Gasteiger partial charge on any atom is -0.396 e. The van der Waals surface area contributed by atoms with Crippen molar-refractivity contribution in [3.8, 4) is 0 Å². The fourth-order valence-electron chi connectivity index (χ4n) is 0.365. The molecule has 0 saturated heterocycles. The first-order valence-electron chi connectivity index (χ1n) is 3.84. The highest BCUT2D eigenvalue weighted by Gasteiger charge is 2.26. The third-order valence-corrected chi connectivity index (χ3v) is 2.66. The summed E-state index contributed by atoms with van der Waals surface area (Å²) in [6, 6.07) is 0. The van der Waals surface area contributed by atoms with Crippen molar-refractivity contribution in [2.75, 3.05) is 26.4 Å². The second kappa shape index (κ2) is 16.1. The molecule has 0 aliphatic carbocycles. The van der Waals surface area contributed by atoms with Gasteiger partial charge in [-0.15, -0.1) is 24.8 Å². The normalized spacial score (nSPS) is 10.3. The first kappa shape index (κ1) is 27.4. The average molecular weight is 355 g/mol. The first-order chi connectivity index (χ1) is 7.37. The number of hydrogen-bond donors (Lipinski definition) is 8. The van der Waals surface area contributed by atoms with Crippen LogP contribution in [0.1, 0.15) is 0 Å². The molecule has 8 N–H and O–H groups in total. The lowest BCUT2D eigenvalue weighted by Crippen LogP contribution is -2.37. The third kappa shape index (κ3) is 15.1. The van der Waals surface area contributed by atoms with Gasteiger partial charge in [0.2, 0.25) is 0 Å². The molecule has 0 aromatic rings. The van der Waals surface area contributed by atoms with Crippen molar-refractivity contribution in [1.82, 2.24) is 0 Å². The zero-order chi connectivity index (χ0) is 13.2. The molecule has 0 saturated carbocycles. The van der Waals surface area contributed by atoms with Crippen LogP contribution in [-0.2, 0) is 4.31 Å². The SMILES string of the molecule is Cl.Cl.OCC(CO)(CO)CO.OP(O)OP(O)O. The van der Waals surface area contributed by atoms with Gasteiger partial charge >= 0.3 is 17.2 Å². The van der Waals surface area contributed by atoms with Crippen molar-refractivity contribution in [3.63, 3.8) is 0 Å². The van der Waals surface area contributed by atoms with Crippen LogP contribution in [0.4, 0.5) is 0 Å². The Morgan fingerprint density at radius 1 is 0.667 bits per heavy atom. The Morgan fingerprint density at radius 2 is 0.889 bits per heavy atom. The molecule has 116 valence electrons. The van der Waals surface area contributed by atoms with Gasteiger partial charge in [0.1, 0.15) is 0 Å². The van der Waals surface area contributed by atoms with Crippen LogP contribution in [0.15, 0.2) is 0 Å². The highest BCUT2D eigenvalue weighted by atomic mass is 35.5. The quantitative estimate of drug-likeness (QED) is 0.256. The van der Waals surface area contributed by atoms with Crippen LogP contribution in [0, 0.1) is 5.41 Å². The van der Waals surface area contributed by atoms with Crippen molar-refractivity contribution < 1.29 is 44.3 Å². The van der Waals surface area contributed by atoms with E-state index < -0.39 is 49.0 Å². The molecule has 0 atom stereocenters. The van der Waals surface area contributed by atoms with Crippen molar-refractivity contribution in [3.05, 3.63) is 0 Å². The fourth-order valence-corrected chi connectivity index (χ4v) is 0.888. The summed E-state index contributed by atoms with van der Waals surface area (Å²) in [6.07, 6.45) is 0. The van der Waals surface area contributed by atoms with E-state index in [1.54, 1.807) is 0 Å². The van der Waals surface area contributed by atoms with E-state index in [0.29, 0.717) is 0 Å². The second-order valence-electron chi connectivity index (χ2n) is 2.72. The fraction of sp³-hybridized carbons (Fsp3) is 1.00. The Labute approximate surface area is 118 Å². The Hall–Kier alpha value is 1.08. The Morgan fingerprint density at radius 3 is 0.889 bits per heavy atom. The Bertz CT molecular complexity index is 136. The molecule has 13 heteroatoms. The molecule has 0 bridgehead atoms. The summed E-state index contributed by atoms with van der Waals surface area (Å²) in [7, 11) is -5.22. The molecule has 0 amide bonds. The van der Waals surface area contributed by atoms with Gasteiger partial charge in [-0.25, -0.2) is 4.31 Å². The van der Waals surface area contributed by atoms with Crippen LogP contribution >= 0.6 is 42.0 Å². The van der Waals surface area contributed by atoms with E-state index in [1.165, 1.54) is 0 Å². The van der Waals surface area contributed by atoms with Gasteiger partial charge in [0, 0.05) is 0 Å². The van der Waals surface area contributed by atoms with Crippen molar-refractivity contribution in [2.24, 2.45) is 5.41 Å². The van der Waals surface area contributed by atoms with E-state index in [4.69, 9.17) is 40.0 Å². The minimum atomic E-state index is -2.61. The van der Waals surface area contributed by atoms with Crippen molar-refractivity contribution >= 4 is 42.0 Å². The summed E-state index contributed by atoms with van der Waals surface area (Å²) in [5, 5.41) is 34.0. The molecule has 18 heavy (non-hydrogen) atoms. The van der Waals surface area contributed by atoms with Gasteiger partial charge in [-0.2, -0.15) is 0 Å². The van der Waals surface area contributed by atoms with Crippen LogP contribution < -0.4 is 0 Å². The number of rotatable bonds is 6. The van der Waals surface area contributed by atoms with Gasteiger partial charge in [-0.1, -0.05) is 0 Å². The van der Waals surface area contributed by atoms with E-state index in [-0.39, 0.29) is 24.8 Å². The molecular formula is C5H18Cl2O9P2. The van der Waals surface area contributed by atoms with Crippen LogP contribution in [0.5, 0.6) is 0 Å². The van der Waals surface area contributed by atoms with Gasteiger partial charge < -0.3 is 40.0 Å². The van der Waals surface area contributed by atoms with Crippen LogP contribution in [0.25, 0.3) is 0 Å². The Kier molecular flexibility index (Phi) is 24.6. The van der Waals surface area contributed by atoms with E-state index in [2.05, 4.69) is 4.31 Å². The van der Waals surface area contributed by atoms with Gasteiger partial charge in [0.05, 0.1) is 31.8 Å². The molecule has 0 aliphatic heterocycles. The molecule has 0 unspecified atom stereocenters. The van der Waals surface area contributed by atoms with Crippen molar-refractivity contribution in [2.45, 2.75) is 0 Å². The summed E-state index contributed by atoms with van der Waals surface area (Å²) in [6.45, 7) is -1.62. The van der Waals surface area contributed by atoms with Gasteiger partial charge in [0.15, 0.2) is 0 Å². The maximum absolute atomic E-state index is 8.50. The lowest BCUT2D eigenvalue weighted by atomic mass is 9.93. The largest absolute Gasteiger partial charge is 0.396 e. The average Bonchev–Trinajstić information content (AvgIpc) is 2.21. The highest BCUT2D eigenvalue weighted by molar-refractivity contribution is 7.53. The van der Waals surface area contributed by atoms with Gasteiger partial charge in [0.25, 0.3) is 0 Å². The van der Waals surface area contributed by atoms with Crippen LogP contribution in [0.3, 0.4) is 0 Å². The number of aliphatic hydroxyl groups is 4. The highest BCUT2D eigenvalue weighted by Crippen LogP contribution is 2.41. The zero-order valence-corrected chi connectivity index (χ0v) is 12.4. The predicted molar refractivity (Wildman–Crippen MR) is 69.1 cm³/mol. The van der Waals surface area contributed by atoms with E-state index in [1.807, 2.05) is 0 Å². The first-order valence-corrected chi connectivity index (χ1v) is 6.17. The molecule has 0 aliphatic rings. The molecule has 0 aromatic heterocycles. The maximum Gasteiger partial charge on any atom is 0.334 e. The molecular weight excluding hydrogens is 337 g/mol. The van der Waals surface area contributed by atoms with Gasteiger partial charge in [-0.3, -0.25) is 0 Å². The Balaban J connectivity index is -0.000000100. The van der Waals surface area contributed by atoms with E-state index >= 15 is 0 Å². The lowest BCUT2D eigenvalue weighted by Gasteiger charge is -2.23. The van der Waals surface area contributed by atoms with E-state index in [0.717, 1.165) is 0 Å². The maximum atomic E-state index is 8.50. The summed E-state index contributed by atoms with van der Waals surface area (Å²) in [5.74, 6) is 0. The standard InChI is InChI=1S/C5H12O4.2ClH.H4O5P2/c6-1-5(2-7,3-8)4-9;;;1-6(2)5-7(3)4/h6-9H,1-4H2;2*1H;1-4H. The predicted octanol–water partition coefficient (Wildman–Crippen LogP) is -1.79. The molecule has 0 radical (unpaired) electrons. The minimum absolute atomic E-state index is 0. The molecule has 0 aromatic carbocycles. The zero-order valence-electron chi connectivity index (χ0n) is 9.03. The number of halogens is 2. The third-order valence-electron chi connectivity index (χ3n) is 1.49. The van der Waals surface area contributed by atoms with E-state index in [9.17, 15) is 0 Å². The van der Waals surface area contributed by atoms with Crippen LogP contribution in [-0.4, -0.2) is 66.4 Å².